The Labute approximate surface area is 281 Å². The molecule has 3 fully saturated rings. The third-order valence-corrected chi connectivity index (χ3v) is 11.0. The minimum atomic E-state index is -4.37. The van der Waals surface area contributed by atoms with Crippen molar-refractivity contribution in [3.63, 3.8) is 0 Å². The van der Waals surface area contributed by atoms with E-state index >= 15 is 0 Å². The number of hydrogen-bond acceptors (Lipinski definition) is 14. The van der Waals surface area contributed by atoms with Crippen LogP contribution in [0.3, 0.4) is 0 Å². The first kappa shape index (κ1) is 34.8. The molecule has 17 nitrogen and oxygen atoms in total. The van der Waals surface area contributed by atoms with Crippen molar-refractivity contribution in [2.45, 2.75) is 74.6 Å². The smallest absolute Gasteiger partial charge is 0.459 e. The molecule has 2 aliphatic carbocycles. The molecular weight excluding hydrogens is 693 g/mol. The van der Waals surface area contributed by atoms with Gasteiger partial charge in [-0.1, -0.05) is 11.6 Å². The second-order valence-corrected chi connectivity index (χ2v) is 16.2. The highest BCUT2D eigenvalue weighted by Gasteiger charge is 2.55. The van der Waals surface area contributed by atoms with Gasteiger partial charge in [-0.2, -0.15) is 15.1 Å². The van der Waals surface area contributed by atoms with Gasteiger partial charge in [-0.3, -0.25) is 14.3 Å². The van der Waals surface area contributed by atoms with Crippen molar-refractivity contribution in [1.29, 1.82) is 0 Å². The third-order valence-electron chi connectivity index (χ3n) is 8.56. The number of hydrazine groups is 1. The molecule has 0 spiro atoms. The number of nitrogens with zero attached hydrogens (tertiary/aromatic N) is 4. The number of aromatic nitrogens is 3. The van der Waals surface area contributed by atoms with Crippen LogP contribution < -0.4 is 25.2 Å². The average Bonchev–Trinajstić information content (AvgIpc) is 3.72. The van der Waals surface area contributed by atoms with Crippen LogP contribution >= 0.6 is 19.3 Å². The van der Waals surface area contributed by atoms with Crippen LogP contribution in [0.2, 0.25) is 5.02 Å². The van der Waals surface area contributed by atoms with Crippen molar-refractivity contribution in [3.05, 3.63) is 41.6 Å². The number of anilines is 2. The molecule has 262 valence electrons. The van der Waals surface area contributed by atoms with E-state index in [1.54, 1.807) is 6.07 Å². The van der Waals surface area contributed by atoms with Gasteiger partial charge in [-0.15, -0.1) is 4.83 Å². The maximum Gasteiger partial charge on any atom is 0.459 e. The number of nitrogens with one attached hydrogen (secondary N) is 2. The number of benzene rings is 1. The quantitative estimate of drug-likeness (QED) is 0.0963. The summed E-state index contributed by atoms with van der Waals surface area (Å²) >= 11 is 5.99. The van der Waals surface area contributed by atoms with Crippen molar-refractivity contribution < 1.29 is 46.5 Å². The SMILES string of the molecule is COC(=O)C1(NP(=O)(OCC2OC(n3ccc4c(N(NS(C)(=O)=O)C5CC5)nc(N)nc43)[C@](C)(O)[C@@H]2O)Oc2ccc(Cl)cc2)CCC1. The van der Waals surface area contributed by atoms with E-state index in [0.717, 1.165) is 19.1 Å². The highest BCUT2D eigenvalue weighted by atomic mass is 35.5. The monoisotopic (exact) mass is 729 g/mol. The normalized spacial score (nSPS) is 26.5. The molecule has 20 heteroatoms. The second-order valence-electron chi connectivity index (χ2n) is 12.4. The molecule has 2 aromatic heterocycles. The summed E-state index contributed by atoms with van der Waals surface area (Å²) in [4.78, 5) is 23.8. The molecule has 1 aliphatic heterocycles. The van der Waals surface area contributed by atoms with Crippen LogP contribution in [0.1, 0.15) is 45.3 Å². The number of nitrogens with two attached hydrogens (primary N) is 1. The van der Waals surface area contributed by atoms with Gasteiger partial charge in [0.25, 0.3) is 0 Å². The van der Waals surface area contributed by atoms with E-state index < -0.39 is 59.9 Å². The second kappa shape index (κ2) is 12.7. The van der Waals surface area contributed by atoms with Crippen LogP contribution in [0.4, 0.5) is 11.8 Å². The highest BCUT2D eigenvalue weighted by molar-refractivity contribution is 7.88. The van der Waals surface area contributed by atoms with Crippen LogP contribution in [-0.4, -0.2) is 88.5 Å². The lowest BCUT2D eigenvalue weighted by atomic mass is 9.78. The summed E-state index contributed by atoms with van der Waals surface area (Å²) in [5.74, 6) is -0.461. The predicted octanol–water partition coefficient (Wildman–Crippen LogP) is 2.00. The number of rotatable bonds is 13. The lowest BCUT2D eigenvalue weighted by Crippen LogP contribution is -2.57. The third kappa shape index (κ3) is 6.86. The van der Waals surface area contributed by atoms with Gasteiger partial charge in [-0.05, 0) is 69.4 Å². The fourth-order valence-electron chi connectivity index (χ4n) is 5.82. The largest absolute Gasteiger partial charge is 0.468 e. The molecule has 6 N–H and O–H groups in total. The Bertz CT molecular complexity index is 1850. The number of carbonyl (C=O) groups excluding carboxylic acids is 1. The Morgan fingerprint density at radius 3 is 2.52 bits per heavy atom. The topological polar surface area (TPSA) is 230 Å². The Morgan fingerprint density at radius 1 is 1.25 bits per heavy atom. The van der Waals surface area contributed by atoms with Crippen molar-refractivity contribution in [3.8, 4) is 5.75 Å². The van der Waals surface area contributed by atoms with Crippen molar-refractivity contribution in [2.75, 3.05) is 30.7 Å². The molecular formula is C28H37ClN7O10PS. The van der Waals surface area contributed by atoms with E-state index in [4.69, 9.17) is 35.9 Å². The first-order chi connectivity index (χ1) is 22.5. The number of fused-ring (bicyclic) bond motifs is 1. The maximum absolute atomic E-state index is 14.2. The van der Waals surface area contributed by atoms with Crippen molar-refractivity contribution in [1.82, 2.24) is 24.5 Å². The van der Waals surface area contributed by atoms with Gasteiger partial charge in [-0.25, -0.2) is 13.0 Å². The van der Waals surface area contributed by atoms with Crippen LogP contribution in [0.25, 0.3) is 11.0 Å². The number of sulfonamides is 1. The van der Waals surface area contributed by atoms with E-state index in [0.29, 0.717) is 29.7 Å². The molecule has 6 rings (SSSR count). The van der Waals surface area contributed by atoms with E-state index in [1.165, 1.54) is 54.1 Å². The van der Waals surface area contributed by atoms with Crippen molar-refractivity contribution >= 4 is 58.1 Å². The highest BCUT2D eigenvalue weighted by Crippen LogP contribution is 2.51. The van der Waals surface area contributed by atoms with Gasteiger partial charge in [0.15, 0.2) is 12.0 Å². The van der Waals surface area contributed by atoms with Gasteiger partial charge in [0.1, 0.15) is 34.7 Å². The fraction of sp³-hybridized carbons (Fsp3) is 0.536. The summed E-state index contributed by atoms with van der Waals surface area (Å²) in [7, 11) is -6.82. The van der Waals surface area contributed by atoms with E-state index in [1.807, 2.05) is 0 Å². The van der Waals surface area contributed by atoms with Gasteiger partial charge < -0.3 is 34.5 Å². The number of esters is 1. The molecule has 0 bridgehead atoms. The summed E-state index contributed by atoms with van der Waals surface area (Å²) in [6.07, 6.45) is 1.23. The number of carbonyl (C=O) groups is 1. The molecule has 2 saturated carbocycles. The standard InChI is InChI=1S/C28H37ClN7O10PS/c1-27(39)21(37)20(15-44-47(40,46-18-9-5-16(29)6-10-18)33-28(12-4-13-28)25(38)43-2)45-24(27)35-14-11-19-22(35)31-26(30)32-23(19)36(17-7-8-17)34-48(3,41)42/h5-6,9-11,14,17,20-21,24,34,37,39H,4,7-8,12-13,15H2,1-3H3,(H,33,40)(H2,30,31,32)/t20?,21-,24?,27-,47?/m1/s1. The lowest BCUT2D eigenvalue weighted by molar-refractivity contribution is -0.151. The van der Waals surface area contributed by atoms with Crippen molar-refractivity contribution in [2.24, 2.45) is 0 Å². The Hall–Kier alpha value is -3.06. The Kier molecular flexibility index (Phi) is 9.19. The fourth-order valence-corrected chi connectivity index (χ4v) is 8.29. The minimum Gasteiger partial charge on any atom is -0.468 e. The zero-order valence-electron chi connectivity index (χ0n) is 26.3. The zero-order chi connectivity index (χ0) is 34.6. The van der Waals surface area contributed by atoms with Crippen LogP contribution in [-0.2, 0) is 33.4 Å². The summed E-state index contributed by atoms with van der Waals surface area (Å²) in [6, 6.07) is 7.46. The molecule has 5 atom stereocenters. The van der Waals surface area contributed by atoms with Crippen LogP contribution in [0.5, 0.6) is 5.75 Å². The molecule has 0 radical (unpaired) electrons. The molecule has 1 aromatic carbocycles. The lowest BCUT2D eigenvalue weighted by Gasteiger charge is -2.41. The number of aliphatic hydroxyl groups is 2. The van der Waals surface area contributed by atoms with Gasteiger partial charge in [0.05, 0.1) is 25.4 Å². The number of halogens is 1. The summed E-state index contributed by atoms with van der Waals surface area (Å²) in [5, 5.41) is 27.8. The molecule has 48 heavy (non-hydrogen) atoms. The summed E-state index contributed by atoms with van der Waals surface area (Å²) in [6.45, 7) is 0.808. The van der Waals surface area contributed by atoms with Crippen LogP contribution in [0.15, 0.2) is 36.5 Å². The number of hydrogen-bond donors (Lipinski definition) is 5. The van der Waals surface area contributed by atoms with Gasteiger partial charge in [0.2, 0.25) is 16.0 Å². The molecule has 1 saturated heterocycles. The maximum atomic E-state index is 14.2. The first-order valence-corrected chi connectivity index (χ1v) is 18.9. The van der Waals surface area contributed by atoms with E-state index in [-0.39, 0.29) is 29.2 Å². The van der Waals surface area contributed by atoms with E-state index in [9.17, 15) is 28.0 Å². The molecule has 3 aromatic rings. The molecule has 3 heterocycles. The number of aliphatic hydroxyl groups excluding tert-OH is 1. The molecule has 0 amide bonds. The molecule has 3 aliphatic rings. The summed E-state index contributed by atoms with van der Waals surface area (Å²) in [5.41, 5.74) is 2.99. The first-order valence-electron chi connectivity index (χ1n) is 15.1. The number of nitrogen functional groups attached to an aromatic ring is 1. The average molecular weight is 730 g/mol. The van der Waals surface area contributed by atoms with Gasteiger partial charge in [0, 0.05) is 17.3 Å². The zero-order valence-corrected chi connectivity index (χ0v) is 28.7. The molecule has 3 unspecified atom stereocenters. The number of ether oxygens (including phenoxy) is 2. The summed E-state index contributed by atoms with van der Waals surface area (Å²) < 4.78 is 62.6. The van der Waals surface area contributed by atoms with Gasteiger partial charge >= 0.3 is 13.7 Å². The van der Waals surface area contributed by atoms with E-state index in [2.05, 4.69) is 19.9 Å². The van der Waals surface area contributed by atoms with Crippen LogP contribution in [0, 0.1) is 0 Å². The minimum absolute atomic E-state index is 0.129. The Morgan fingerprint density at radius 2 is 1.94 bits per heavy atom. The predicted molar refractivity (Wildman–Crippen MR) is 173 cm³/mol. The number of methoxy groups -OCH3 is 1. The Balaban J connectivity index is 1.27.